The molecule has 1 aliphatic rings. The second-order valence-corrected chi connectivity index (χ2v) is 6.66. The van der Waals surface area contributed by atoms with Crippen LogP contribution < -0.4 is 21.5 Å². The fraction of sp³-hybridized carbons (Fsp3) is 0.429. The first-order valence-electron chi connectivity index (χ1n) is 7.30. The molecule has 0 saturated carbocycles. The number of hydrogen-bond acceptors (Lipinski definition) is 4. The van der Waals surface area contributed by atoms with Gasteiger partial charge in [-0.2, -0.15) is 0 Å². The minimum Gasteiger partial charge on any atom is -0.379 e. The highest BCUT2D eigenvalue weighted by Crippen LogP contribution is 2.15. The zero-order chi connectivity index (χ0) is 16.5. The molecular weight excluding hydrogens is 398 g/mol. The molecule has 126 valence electrons. The Morgan fingerprint density at radius 1 is 1.17 bits per heavy atom. The van der Waals surface area contributed by atoms with Gasteiger partial charge in [0.2, 0.25) is 0 Å². The first-order valence-corrected chi connectivity index (χ1v) is 8.91. The van der Waals surface area contributed by atoms with E-state index in [1.165, 1.54) is 0 Å². The van der Waals surface area contributed by atoms with Crippen LogP contribution in [0, 0.1) is 0 Å². The van der Waals surface area contributed by atoms with Crippen molar-refractivity contribution in [1.82, 2.24) is 21.1 Å². The van der Waals surface area contributed by atoms with Gasteiger partial charge in [0.05, 0.1) is 13.2 Å². The van der Waals surface area contributed by atoms with E-state index in [4.69, 9.17) is 29.2 Å². The Morgan fingerprint density at radius 3 is 2.65 bits per heavy atom. The van der Waals surface area contributed by atoms with Crippen molar-refractivity contribution in [2.24, 2.45) is 0 Å². The minimum absolute atomic E-state index is 0.445. The van der Waals surface area contributed by atoms with E-state index in [2.05, 4.69) is 42.3 Å². The number of nitrogens with one attached hydrogen (secondary N) is 4. The third-order valence-corrected chi connectivity index (χ3v) is 4.13. The quantitative estimate of drug-likeness (QED) is 0.433. The highest BCUT2D eigenvalue weighted by molar-refractivity contribution is 9.10. The van der Waals surface area contributed by atoms with E-state index in [1.807, 2.05) is 24.3 Å². The van der Waals surface area contributed by atoms with Gasteiger partial charge >= 0.3 is 0 Å². The molecule has 1 heterocycles. The van der Waals surface area contributed by atoms with E-state index >= 15 is 0 Å². The molecule has 1 saturated heterocycles. The van der Waals surface area contributed by atoms with E-state index in [0.29, 0.717) is 10.2 Å². The number of hydrogen-bond donors (Lipinski definition) is 4. The topological polar surface area (TPSA) is 60.6 Å². The van der Waals surface area contributed by atoms with Crippen molar-refractivity contribution in [2.45, 2.75) is 0 Å². The largest absolute Gasteiger partial charge is 0.379 e. The maximum absolute atomic E-state index is 5.31. The molecule has 0 atom stereocenters. The number of anilines is 1. The number of benzene rings is 1. The third kappa shape index (κ3) is 7.40. The molecule has 4 N–H and O–H groups in total. The standard InChI is InChI=1S/C14H20BrN5OS2/c15-11-2-1-3-12(10-11)17-14(23)19-18-13(22)16-4-5-20-6-8-21-9-7-20/h1-3,10H,4-9H2,(H2,16,18,22)(H2,17,19,23). The lowest BCUT2D eigenvalue weighted by atomic mass is 10.3. The van der Waals surface area contributed by atoms with Crippen LogP contribution in [0.15, 0.2) is 28.7 Å². The average molecular weight is 418 g/mol. The first-order chi connectivity index (χ1) is 11.1. The summed E-state index contributed by atoms with van der Waals surface area (Å²) in [6, 6.07) is 7.75. The van der Waals surface area contributed by atoms with Crippen molar-refractivity contribution in [3.05, 3.63) is 28.7 Å². The number of halogens is 1. The van der Waals surface area contributed by atoms with E-state index in [9.17, 15) is 0 Å². The molecular formula is C14H20BrN5OS2. The minimum atomic E-state index is 0.445. The summed E-state index contributed by atoms with van der Waals surface area (Å²) in [6.07, 6.45) is 0. The summed E-state index contributed by atoms with van der Waals surface area (Å²) >= 11 is 13.8. The van der Waals surface area contributed by atoms with Crippen LogP contribution in [0.3, 0.4) is 0 Å². The molecule has 0 aliphatic carbocycles. The average Bonchev–Trinajstić information content (AvgIpc) is 2.54. The summed E-state index contributed by atoms with van der Waals surface area (Å²) in [5.41, 5.74) is 6.62. The van der Waals surface area contributed by atoms with Gasteiger partial charge in [-0.3, -0.25) is 15.8 Å². The lowest BCUT2D eigenvalue weighted by molar-refractivity contribution is 0.0389. The lowest BCUT2D eigenvalue weighted by Crippen LogP contribution is -2.50. The van der Waals surface area contributed by atoms with Gasteiger partial charge in [-0.1, -0.05) is 22.0 Å². The Bertz CT molecular complexity index is 540. The zero-order valence-electron chi connectivity index (χ0n) is 12.6. The molecule has 1 aromatic rings. The second kappa shape index (κ2) is 9.99. The number of ether oxygens (including phenoxy) is 1. The third-order valence-electron chi connectivity index (χ3n) is 3.19. The maximum atomic E-state index is 5.31. The molecule has 6 nitrogen and oxygen atoms in total. The summed E-state index contributed by atoms with van der Waals surface area (Å²) in [4.78, 5) is 2.34. The number of thiocarbonyl (C=S) groups is 2. The fourth-order valence-corrected chi connectivity index (χ4v) is 2.76. The van der Waals surface area contributed by atoms with Crippen LogP contribution in [0.2, 0.25) is 0 Å². The first kappa shape index (κ1) is 18.3. The molecule has 0 unspecified atom stereocenters. The zero-order valence-corrected chi connectivity index (χ0v) is 15.8. The Balaban J connectivity index is 1.59. The predicted molar refractivity (Wildman–Crippen MR) is 104 cm³/mol. The van der Waals surface area contributed by atoms with Crippen molar-refractivity contribution in [3.8, 4) is 0 Å². The fourth-order valence-electron chi connectivity index (χ4n) is 2.04. The molecule has 2 rings (SSSR count). The van der Waals surface area contributed by atoms with Gasteiger partial charge in [0.15, 0.2) is 10.2 Å². The highest BCUT2D eigenvalue weighted by atomic mass is 79.9. The van der Waals surface area contributed by atoms with Crippen LogP contribution in [0.1, 0.15) is 0 Å². The number of hydrazine groups is 1. The monoisotopic (exact) mass is 417 g/mol. The number of morpholine rings is 1. The van der Waals surface area contributed by atoms with Gasteiger partial charge in [0, 0.05) is 36.3 Å². The van der Waals surface area contributed by atoms with Crippen LogP contribution in [-0.4, -0.2) is 54.5 Å². The second-order valence-electron chi connectivity index (χ2n) is 4.92. The van der Waals surface area contributed by atoms with Crippen LogP contribution in [0.5, 0.6) is 0 Å². The molecule has 9 heteroatoms. The Labute approximate surface area is 155 Å². The summed E-state index contributed by atoms with van der Waals surface area (Å²) < 4.78 is 6.30. The summed E-state index contributed by atoms with van der Waals surface area (Å²) in [7, 11) is 0. The number of rotatable bonds is 4. The maximum Gasteiger partial charge on any atom is 0.189 e. The normalized spacial score (nSPS) is 14.8. The van der Waals surface area contributed by atoms with Crippen LogP contribution >= 0.6 is 40.4 Å². The molecule has 1 fully saturated rings. The molecule has 0 radical (unpaired) electrons. The molecule has 0 spiro atoms. The van der Waals surface area contributed by atoms with Crippen molar-refractivity contribution in [1.29, 1.82) is 0 Å². The van der Waals surface area contributed by atoms with E-state index in [-0.39, 0.29) is 0 Å². The Kier molecular flexibility index (Phi) is 7.96. The van der Waals surface area contributed by atoms with Crippen molar-refractivity contribution < 1.29 is 4.74 Å². The van der Waals surface area contributed by atoms with Crippen molar-refractivity contribution in [2.75, 3.05) is 44.7 Å². The molecule has 1 aromatic carbocycles. The van der Waals surface area contributed by atoms with E-state index < -0.39 is 0 Å². The van der Waals surface area contributed by atoms with Gasteiger partial charge in [-0.25, -0.2) is 0 Å². The molecule has 1 aliphatic heterocycles. The van der Waals surface area contributed by atoms with Gasteiger partial charge in [0.25, 0.3) is 0 Å². The van der Waals surface area contributed by atoms with Crippen LogP contribution in [0.4, 0.5) is 5.69 Å². The molecule has 23 heavy (non-hydrogen) atoms. The SMILES string of the molecule is S=C(NCCN1CCOCC1)NNC(=S)Nc1cccc(Br)c1. The van der Waals surface area contributed by atoms with Gasteiger partial charge in [-0.05, 0) is 42.6 Å². The summed E-state index contributed by atoms with van der Waals surface area (Å²) in [6.45, 7) is 5.27. The van der Waals surface area contributed by atoms with Crippen molar-refractivity contribution >= 4 is 56.3 Å². The highest BCUT2D eigenvalue weighted by Gasteiger charge is 2.09. The summed E-state index contributed by atoms with van der Waals surface area (Å²) in [5.74, 6) is 0. The van der Waals surface area contributed by atoms with Crippen LogP contribution in [-0.2, 0) is 4.74 Å². The number of nitrogens with zero attached hydrogens (tertiary/aromatic N) is 1. The van der Waals surface area contributed by atoms with Crippen LogP contribution in [0.25, 0.3) is 0 Å². The summed E-state index contributed by atoms with van der Waals surface area (Å²) in [5, 5.41) is 7.16. The molecule has 0 aromatic heterocycles. The van der Waals surface area contributed by atoms with E-state index in [1.54, 1.807) is 0 Å². The Morgan fingerprint density at radius 2 is 1.91 bits per heavy atom. The van der Waals surface area contributed by atoms with E-state index in [0.717, 1.165) is 49.6 Å². The molecule has 0 amide bonds. The van der Waals surface area contributed by atoms with Gasteiger partial charge in [0.1, 0.15) is 0 Å². The predicted octanol–water partition coefficient (Wildman–Crippen LogP) is 1.45. The smallest absolute Gasteiger partial charge is 0.189 e. The lowest BCUT2D eigenvalue weighted by Gasteiger charge is -2.26. The van der Waals surface area contributed by atoms with Gasteiger partial charge < -0.3 is 15.4 Å². The Hall–Kier alpha value is -1.00. The van der Waals surface area contributed by atoms with Gasteiger partial charge in [-0.15, -0.1) is 0 Å². The molecule has 0 bridgehead atoms. The van der Waals surface area contributed by atoms with Crippen molar-refractivity contribution in [3.63, 3.8) is 0 Å².